The molecule has 0 fully saturated rings. The second-order valence-corrected chi connectivity index (χ2v) is 1.83. The highest BCUT2D eigenvalue weighted by Crippen LogP contribution is 1.92. The lowest BCUT2D eigenvalue weighted by Gasteiger charge is -1.95. The number of amides is 1. The van der Waals surface area contributed by atoms with Gasteiger partial charge in [0.25, 0.3) is 0 Å². The highest BCUT2D eigenvalue weighted by molar-refractivity contribution is 5.51. The van der Waals surface area contributed by atoms with E-state index < -0.39 is 0 Å². The smallest absolute Gasteiger partial charge is 0.211 e. The molecular formula is C8H13NO. The molecule has 56 valence electrons. The number of rotatable bonds is 4. The molecule has 2 nitrogen and oxygen atoms in total. The zero-order chi connectivity index (χ0) is 7.82. The average molecular weight is 139 g/mol. The topological polar surface area (TPSA) is 29.1 Å². The van der Waals surface area contributed by atoms with Gasteiger partial charge in [-0.2, -0.15) is 0 Å². The van der Waals surface area contributed by atoms with Gasteiger partial charge in [-0.1, -0.05) is 19.1 Å². The van der Waals surface area contributed by atoms with Crippen molar-refractivity contribution in [3.05, 3.63) is 23.9 Å². The van der Waals surface area contributed by atoms with Gasteiger partial charge in [-0.05, 0) is 19.4 Å². The van der Waals surface area contributed by atoms with E-state index in [1.54, 1.807) is 0 Å². The van der Waals surface area contributed by atoms with Crippen LogP contribution in [0.3, 0.4) is 0 Å². The van der Waals surface area contributed by atoms with Crippen LogP contribution in [0.5, 0.6) is 0 Å². The maximum Gasteiger partial charge on any atom is 0.211 e. The van der Waals surface area contributed by atoms with Crippen LogP contribution in [-0.2, 0) is 4.79 Å². The van der Waals surface area contributed by atoms with Gasteiger partial charge >= 0.3 is 0 Å². The Labute approximate surface area is 61.6 Å². The summed E-state index contributed by atoms with van der Waals surface area (Å²) >= 11 is 0. The molecule has 0 spiro atoms. The maximum atomic E-state index is 9.98. The number of hydrogen-bond acceptors (Lipinski definition) is 1. The van der Waals surface area contributed by atoms with Gasteiger partial charge in [0.2, 0.25) is 6.41 Å². The van der Waals surface area contributed by atoms with Crippen LogP contribution >= 0.6 is 0 Å². The van der Waals surface area contributed by atoms with Gasteiger partial charge in [0.1, 0.15) is 0 Å². The zero-order valence-electron chi connectivity index (χ0n) is 6.42. The molecule has 0 aromatic heterocycles. The summed E-state index contributed by atoms with van der Waals surface area (Å²) in [7, 11) is 0. The Balaban J connectivity index is 3.96. The van der Waals surface area contributed by atoms with E-state index in [1.165, 1.54) is 0 Å². The van der Waals surface area contributed by atoms with Crippen molar-refractivity contribution in [3.63, 3.8) is 0 Å². The van der Waals surface area contributed by atoms with Gasteiger partial charge in [-0.3, -0.25) is 4.79 Å². The maximum absolute atomic E-state index is 9.98. The molecule has 0 aliphatic carbocycles. The first-order chi connectivity index (χ1) is 4.85. The monoisotopic (exact) mass is 139 g/mol. The van der Waals surface area contributed by atoms with E-state index in [9.17, 15) is 4.79 Å². The highest BCUT2D eigenvalue weighted by Gasteiger charge is 1.84. The Morgan fingerprint density at radius 1 is 1.60 bits per heavy atom. The molecule has 0 saturated heterocycles. The lowest BCUT2D eigenvalue weighted by molar-refractivity contribution is -0.108. The third-order valence-electron chi connectivity index (χ3n) is 0.996. The van der Waals surface area contributed by atoms with E-state index in [1.807, 2.05) is 32.1 Å². The predicted molar refractivity (Wildman–Crippen MR) is 42.4 cm³/mol. The second-order valence-electron chi connectivity index (χ2n) is 1.83. The van der Waals surface area contributed by atoms with Gasteiger partial charge in [0.05, 0.1) is 0 Å². The molecule has 0 unspecified atom stereocenters. The first-order valence-corrected chi connectivity index (χ1v) is 3.38. The molecule has 0 rings (SSSR count). The molecule has 0 aliphatic rings. The van der Waals surface area contributed by atoms with Crippen molar-refractivity contribution in [2.24, 2.45) is 0 Å². The van der Waals surface area contributed by atoms with Crippen LogP contribution in [0.25, 0.3) is 0 Å². The van der Waals surface area contributed by atoms with Crippen LogP contribution in [0.4, 0.5) is 0 Å². The van der Waals surface area contributed by atoms with Crippen LogP contribution in [0.15, 0.2) is 23.9 Å². The molecule has 0 aromatic rings. The Morgan fingerprint density at radius 3 is 2.70 bits per heavy atom. The summed E-state index contributed by atoms with van der Waals surface area (Å²) in [5, 5.41) is 2.58. The predicted octanol–water partition coefficient (Wildman–Crippen LogP) is 1.60. The van der Waals surface area contributed by atoms with Gasteiger partial charge in [-0.15, -0.1) is 0 Å². The third-order valence-corrected chi connectivity index (χ3v) is 0.996. The van der Waals surface area contributed by atoms with Gasteiger partial charge in [-0.25, -0.2) is 0 Å². The molecule has 0 aromatic carbocycles. The first-order valence-electron chi connectivity index (χ1n) is 3.38. The van der Waals surface area contributed by atoms with Crippen LogP contribution in [0, 0.1) is 0 Å². The Hall–Kier alpha value is -1.05. The van der Waals surface area contributed by atoms with Crippen molar-refractivity contribution in [2.75, 3.05) is 0 Å². The van der Waals surface area contributed by atoms with Crippen LogP contribution < -0.4 is 5.32 Å². The van der Waals surface area contributed by atoms with Crippen molar-refractivity contribution >= 4 is 6.41 Å². The standard InChI is InChI=1S/C8H13NO/c1-3-5-8(6-4-2)9-7-10/h3,5-7H,4H2,1-2H3,(H,9,10)/b5-3-,8-6+. The fourth-order valence-corrected chi connectivity index (χ4v) is 0.643. The number of nitrogens with one attached hydrogen (secondary N) is 1. The van der Waals surface area contributed by atoms with Crippen molar-refractivity contribution < 1.29 is 4.79 Å². The molecule has 0 radical (unpaired) electrons. The van der Waals surface area contributed by atoms with Crippen molar-refractivity contribution in [1.29, 1.82) is 0 Å². The minimum absolute atomic E-state index is 0.682. The number of carbonyl (C=O) groups excluding carboxylic acids is 1. The van der Waals surface area contributed by atoms with Crippen molar-refractivity contribution in [1.82, 2.24) is 5.32 Å². The zero-order valence-corrected chi connectivity index (χ0v) is 6.42. The number of carbonyl (C=O) groups is 1. The molecule has 0 aliphatic heterocycles. The van der Waals surface area contributed by atoms with Crippen LogP contribution in [0.2, 0.25) is 0 Å². The molecule has 1 amide bonds. The quantitative estimate of drug-likeness (QED) is 0.465. The first kappa shape index (κ1) is 8.95. The summed E-state index contributed by atoms with van der Waals surface area (Å²) in [5.74, 6) is 0. The fourth-order valence-electron chi connectivity index (χ4n) is 0.643. The lowest BCUT2D eigenvalue weighted by Crippen LogP contribution is -2.07. The highest BCUT2D eigenvalue weighted by atomic mass is 16.1. The normalized spacial score (nSPS) is 12.0. The molecule has 2 heteroatoms. The van der Waals surface area contributed by atoms with E-state index in [0.29, 0.717) is 6.41 Å². The summed E-state index contributed by atoms with van der Waals surface area (Å²) in [5.41, 5.74) is 0.861. The summed E-state index contributed by atoms with van der Waals surface area (Å²) < 4.78 is 0. The van der Waals surface area contributed by atoms with Gasteiger partial charge < -0.3 is 5.32 Å². The fraction of sp³-hybridized carbons (Fsp3) is 0.375. The molecule has 0 atom stereocenters. The molecular weight excluding hydrogens is 126 g/mol. The molecule has 0 saturated carbocycles. The Bertz CT molecular complexity index is 147. The van der Waals surface area contributed by atoms with E-state index >= 15 is 0 Å². The largest absolute Gasteiger partial charge is 0.329 e. The van der Waals surface area contributed by atoms with Crippen molar-refractivity contribution in [3.8, 4) is 0 Å². The van der Waals surface area contributed by atoms with Crippen LogP contribution in [-0.4, -0.2) is 6.41 Å². The van der Waals surface area contributed by atoms with Crippen molar-refractivity contribution in [2.45, 2.75) is 20.3 Å². The lowest BCUT2D eigenvalue weighted by atomic mass is 10.3. The average Bonchev–Trinajstić information content (AvgIpc) is 1.90. The SMILES string of the molecule is C/C=C\C(=C/CC)NC=O. The van der Waals surface area contributed by atoms with Gasteiger partial charge in [0, 0.05) is 5.70 Å². The van der Waals surface area contributed by atoms with E-state index in [4.69, 9.17) is 0 Å². The minimum Gasteiger partial charge on any atom is -0.329 e. The van der Waals surface area contributed by atoms with E-state index in [0.717, 1.165) is 12.1 Å². The number of hydrogen-bond donors (Lipinski definition) is 1. The van der Waals surface area contributed by atoms with Gasteiger partial charge in [0.15, 0.2) is 0 Å². The molecule has 10 heavy (non-hydrogen) atoms. The molecule has 1 N–H and O–H groups in total. The van der Waals surface area contributed by atoms with E-state index in [-0.39, 0.29) is 0 Å². The minimum atomic E-state index is 0.682. The third kappa shape index (κ3) is 3.89. The Kier molecular flexibility index (Phi) is 5.44. The van der Waals surface area contributed by atoms with E-state index in [2.05, 4.69) is 5.32 Å². The summed E-state index contributed by atoms with van der Waals surface area (Å²) in [6.07, 6.45) is 7.31. The van der Waals surface area contributed by atoms with Crippen LogP contribution in [0.1, 0.15) is 20.3 Å². The molecule has 0 heterocycles. The summed E-state index contributed by atoms with van der Waals surface area (Å²) in [4.78, 5) is 9.98. The summed E-state index contributed by atoms with van der Waals surface area (Å²) in [6, 6.07) is 0. The Morgan fingerprint density at radius 2 is 2.30 bits per heavy atom. The summed E-state index contributed by atoms with van der Waals surface area (Å²) in [6.45, 7) is 3.94. The number of allylic oxidation sites excluding steroid dienone is 3. The second kappa shape index (κ2) is 6.08. The molecule has 0 bridgehead atoms.